The number of hydrogen-bond donors (Lipinski definition) is 1. The molecule has 0 saturated heterocycles. The lowest BCUT2D eigenvalue weighted by Gasteiger charge is -2.07. The van der Waals surface area contributed by atoms with Gasteiger partial charge in [0, 0.05) is 17.5 Å². The van der Waals surface area contributed by atoms with Crippen LogP contribution in [0, 0.1) is 6.92 Å². The van der Waals surface area contributed by atoms with E-state index >= 15 is 0 Å². The molecule has 1 heterocycles. The van der Waals surface area contributed by atoms with Gasteiger partial charge in [-0.2, -0.15) is 0 Å². The van der Waals surface area contributed by atoms with Gasteiger partial charge in [-0.1, -0.05) is 36.4 Å². The van der Waals surface area contributed by atoms with Gasteiger partial charge in [0.15, 0.2) is 0 Å². The number of carbonyl (C=O) groups is 2. The van der Waals surface area contributed by atoms with Crippen LogP contribution in [-0.4, -0.2) is 18.4 Å². The van der Waals surface area contributed by atoms with Crippen LogP contribution in [0.5, 0.6) is 0 Å². The van der Waals surface area contributed by atoms with Crippen LogP contribution in [0.4, 0.5) is 0 Å². The molecule has 0 radical (unpaired) electrons. The molecular weight excluding hydrogens is 318 g/mol. The predicted octanol–water partition coefficient (Wildman–Crippen LogP) is 3.60. The van der Waals surface area contributed by atoms with E-state index in [9.17, 15) is 9.59 Å². The highest BCUT2D eigenvalue weighted by Gasteiger charge is 2.10. The normalized spacial score (nSPS) is 10.6. The third-order valence-electron chi connectivity index (χ3n) is 3.86. The molecule has 1 aromatic heterocycles. The average molecular weight is 337 g/mol. The molecule has 25 heavy (non-hydrogen) atoms. The Morgan fingerprint density at radius 2 is 1.84 bits per heavy atom. The summed E-state index contributed by atoms with van der Waals surface area (Å²) in [6.07, 6.45) is 0.109. The third-order valence-corrected chi connectivity index (χ3v) is 3.86. The van der Waals surface area contributed by atoms with E-state index in [-0.39, 0.29) is 31.4 Å². The summed E-state index contributed by atoms with van der Waals surface area (Å²) in [5.74, 6) is 0.0206. The van der Waals surface area contributed by atoms with E-state index in [4.69, 9.17) is 9.15 Å². The first-order valence-corrected chi connectivity index (χ1v) is 8.10. The van der Waals surface area contributed by atoms with Gasteiger partial charge in [0.2, 0.25) is 0 Å². The number of carbonyl (C=O) groups excluding carboxylic acids is 2. The van der Waals surface area contributed by atoms with E-state index in [2.05, 4.69) is 5.32 Å². The van der Waals surface area contributed by atoms with Crippen LogP contribution < -0.4 is 5.32 Å². The number of furan rings is 1. The smallest absolute Gasteiger partial charge is 0.308 e. The number of nitrogens with one attached hydrogen (secondary N) is 1. The van der Waals surface area contributed by atoms with Gasteiger partial charge in [0.25, 0.3) is 5.91 Å². The molecule has 5 nitrogen and oxygen atoms in total. The number of rotatable bonds is 6. The molecule has 0 saturated carbocycles. The van der Waals surface area contributed by atoms with Crippen LogP contribution >= 0.6 is 0 Å². The number of hydrogen-bond acceptors (Lipinski definition) is 4. The first-order valence-electron chi connectivity index (χ1n) is 8.10. The molecule has 3 aromatic rings. The van der Waals surface area contributed by atoms with Gasteiger partial charge in [0.05, 0.1) is 6.42 Å². The lowest BCUT2D eigenvalue weighted by Crippen LogP contribution is -2.27. The summed E-state index contributed by atoms with van der Waals surface area (Å²) in [4.78, 5) is 23.8. The second-order valence-corrected chi connectivity index (χ2v) is 5.73. The molecule has 0 fully saturated rings. The van der Waals surface area contributed by atoms with Crippen molar-refractivity contribution in [3.8, 4) is 0 Å². The molecule has 0 aliphatic rings. The topological polar surface area (TPSA) is 68.5 Å². The van der Waals surface area contributed by atoms with Crippen LogP contribution in [0.3, 0.4) is 0 Å². The molecule has 5 heteroatoms. The van der Waals surface area contributed by atoms with E-state index < -0.39 is 0 Å². The van der Waals surface area contributed by atoms with Crippen molar-refractivity contribution in [1.82, 2.24) is 5.32 Å². The van der Waals surface area contributed by atoms with Crippen molar-refractivity contribution in [3.05, 3.63) is 71.5 Å². The second kappa shape index (κ2) is 7.66. The van der Waals surface area contributed by atoms with Gasteiger partial charge in [-0.3, -0.25) is 9.59 Å². The number of fused-ring (bicyclic) bond motifs is 1. The summed E-state index contributed by atoms with van der Waals surface area (Å²) in [5, 5.41) is 3.70. The summed E-state index contributed by atoms with van der Waals surface area (Å²) in [6.45, 7) is 2.18. The fourth-order valence-corrected chi connectivity index (χ4v) is 2.53. The minimum Gasteiger partial charge on any atom is -0.457 e. The van der Waals surface area contributed by atoms with E-state index in [1.54, 1.807) is 6.07 Å². The standard InChI is InChI=1S/C20H19NO4/c1-14-6-2-4-8-17(14)20(23)21-11-10-19(22)24-13-16-12-15-7-3-5-9-18(15)25-16/h2-9,12H,10-11,13H2,1H3,(H,21,23). The van der Waals surface area contributed by atoms with E-state index in [0.29, 0.717) is 11.3 Å². The van der Waals surface area contributed by atoms with Crippen molar-refractivity contribution < 1.29 is 18.7 Å². The number of benzene rings is 2. The van der Waals surface area contributed by atoms with Crippen LogP contribution in [0.15, 0.2) is 59.0 Å². The lowest BCUT2D eigenvalue weighted by molar-refractivity contribution is -0.145. The highest BCUT2D eigenvalue weighted by Crippen LogP contribution is 2.19. The molecule has 0 spiro atoms. The Balaban J connectivity index is 1.44. The quantitative estimate of drug-likeness (QED) is 0.698. The summed E-state index contributed by atoms with van der Waals surface area (Å²) >= 11 is 0. The maximum Gasteiger partial charge on any atom is 0.308 e. The fraction of sp³-hybridized carbons (Fsp3) is 0.200. The summed E-state index contributed by atoms with van der Waals surface area (Å²) in [6, 6.07) is 16.8. The highest BCUT2D eigenvalue weighted by molar-refractivity contribution is 5.95. The van der Waals surface area contributed by atoms with Crippen molar-refractivity contribution in [2.45, 2.75) is 20.0 Å². The fourth-order valence-electron chi connectivity index (χ4n) is 2.53. The van der Waals surface area contributed by atoms with Gasteiger partial charge >= 0.3 is 5.97 Å². The zero-order valence-corrected chi connectivity index (χ0v) is 14.0. The van der Waals surface area contributed by atoms with E-state index in [0.717, 1.165) is 16.5 Å². The summed E-state index contributed by atoms with van der Waals surface area (Å²) in [7, 11) is 0. The van der Waals surface area contributed by atoms with Crippen LogP contribution in [0.25, 0.3) is 11.0 Å². The predicted molar refractivity (Wildman–Crippen MR) is 94.1 cm³/mol. The average Bonchev–Trinajstić information content (AvgIpc) is 3.03. The molecular formula is C20H19NO4. The largest absolute Gasteiger partial charge is 0.457 e. The van der Waals surface area contributed by atoms with Crippen LogP contribution in [0.1, 0.15) is 28.1 Å². The van der Waals surface area contributed by atoms with Gasteiger partial charge < -0.3 is 14.5 Å². The number of aryl methyl sites for hydroxylation is 1. The lowest BCUT2D eigenvalue weighted by atomic mass is 10.1. The molecule has 0 bridgehead atoms. The SMILES string of the molecule is Cc1ccccc1C(=O)NCCC(=O)OCc1cc2ccccc2o1. The van der Waals surface area contributed by atoms with Crippen molar-refractivity contribution in [3.63, 3.8) is 0 Å². The van der Waals surface area contributed by atoms with Gasteiger partial charge in [-0.25, -0.2) is 0 Å². The maximum absolute atomic E-state index is 12.0. The van der Waals surface area contributed by atoms with Gasteiger partial charge in [-0.05, 0) is 30.7 Å². The first-order chi connectivity index (χ1) is 12.1. The molecule has 3 rings (SSSR count). The molecule has 2 aromatic carbocycles. The number of amides is 1. The molecule has 0 atom stereocenters. The Hall–Kier alpha value is -3.08. The zero-order valence-electron chi connectivity index (χ0n) is 14.0. The number of ether oxygens (including phenoxy) is 1. The monoisotopic (exact) mass is 337 g/mol. The Labute approximate surface area is 145 Å². The molecule has 1 N–H and O–H groups in total. The van der Waals surface area contributed by atoms with Crippen molar-refractivity contribution in [2.75, 3.05) is 6.54 Å². The Bertz CT molecular complexity index is 864. The summed E-state index contributed by atoms with van der Waals surface area (Å²) < 4.78 is 10.8. The minimum absolute atomic E-state index is 0.0826. The van der Waals surface area contributed by atoms with Crippen molar-refractivity contribution in [2.24, 2.45) is 0 Å². The third kappa shape index (κ3) is 4.26. The highest BCUT2D eigenvalue weighted by atomic mass is 16.5. The molecule has 0 aliphatic heterocycles. The van der Waals surface area contributed by atoms with Crippen LogP contribution in [-0.2, 0) is 16.1 Å². The molecule has 0 aliphatic carbocycles. The Morgan fingerprint density at radius 3 is 2.64 bits per heavy atom. The van der Waals surface area contributed by atoms with E-state index in [1.165, 1.54) is 0 Å². The van der Waals surface area contributed by atoms with Gasteiger partial charge in [0.1, 0.15) is 18.0 Å². The van der Waals surface area contributed by atoms with Crippen LogP contribution in [0.2, 0.25) is 0 Å². The van der Waals surface area contributed by atoms with E-state index in [1.807, 2.05) is 55.5 Å². The molecule has 128 valence electrons. The van der Waals surface area contributed by atoms with Gasteiger partial charge in [-0.15, -0.1) is 0 Å². The number of esters is 1. The first kappa shape index (κ1) is 16.8. The Kier molecular flexibility index (Phi) is 5.14. The van der Waals surface area contributed by atoms with Crippen molar-refractivity contribution >= 4 is 22.8 Å². The summed E-state index contributed by atoms with van der Waals surface area (Å²) in [5.41, 5.74) is 2.27. The molecule has 0 unspecified atom stereocenters. The maximum atomic E-state index is 12.0. The zero-order chi connectivity index (χ0) is 17.6. The second-order valence-electron chi connectivity index (χ2n) is 5.73. The Morgan fingerprint density at radius 1 is 1.08 bits per heavy atom. The minimum atomic E-state index is -0.384. The number of para-hydroxylation sites is 1. The van der Waals surface area contributed by atoms with Crippen molar-refractivity contribution in [1.29, 1.82) is 0 Å². The molecule has 1 amide bonds.